The quantitative estimate of drug-likeness (QED) is 0.863. The molecule has 96 valence electrons. The van der Waals surface area contributed by atoms with E-state index in [4.69, 9.17) is 5.11 Å². The molecule has 4 nitrogen and oxygen atoms in total. The van der Waals surface area contributed by atoms with E-state index in [1.54, 1.807) is 19.9 Å². The zero-order valence-corrected chi connectivity index (χ0v) is 10.2. The summed E-state index contributed by atoms with van der Waals surface area (Å²) in [6, 6.07) is 2.98. The molecular weight excluding hydrogens is 237 g/mol. The SMILES string of the molecule is CC(C)(Cc1cc(F)c2c(c1)CC(=O)N2)C(=O)O. The minimum atomic E-state index is -0.962. The highest BCUT2D eigenvalue weighted by Gasteiger charge is 2.29. The first kappa shape index (κ1) is 12.5. The number of hydrogen-bond donors (Lipinski definition) is 2. The third-order valence-corrected chi connectivity index (χ3v) is 3.07. The molecule has 1 aliphatic rings. The van der Waals surface area contributed by atoms with E-state index in [-0.39, 0.29) is 24.4 Å². The largest absolute Gasteiger partial charge is 0.481 e. The number of carbonyl (C=O) groups excluding carboxylic acids is 1. The van der Waals surface area contributed by atoms with Gasteiger partial charge >= 0.3 is 5.97 Å². The van der Waals surface area contributed by atoms with Crippen LogP contribution in [0.15, 0.2) is 12.1 Å². The average molecular weight is 251 g/mol. The van der Waals surface area contributed by atoms with Crippen LogP contribution in [0, 0.1) is 11.2 Å². The molecule has 1 aromatic rings. The number of carbonyl (C=O) groups is 2. The maximum atomic E-state index is 13.7. The van der Waals surface area contributed by atoms with Crippen LogP contribution in [-0.2, 0) is 22.4 Å². The van der Waals surface area contributed by atoms with Crippen LogP contribution in [0.1, 0.15) is 25.0 Å². The van der Waals surface area contributed by atoms with Crippen LogP contribution in [-0.4, -0.2) is 17.0 Å². The molecule has 18 heavy (non-hydrogen) atoms. The lowest BCUT2D eigenvalue weighted by molar-refractivity contribution is -0.146. The van der Waals surface area contributed by atoms with Crippen LogP contribution in [0.5, 0.6) is 0 Å². The molecule has 5 heteroatoms. The van der Waals surface area contributed by atoms with E-state index in [0.29, 0.717) is 11.1 Å². The molecule has 0 saturated carbocycles. The molecule has 2 rings (SSSR count). The van der Waals surface area contributed by atoms with Gasteiger partial charge in [-0.05, 0) is 37.5 Å². The first-order valence-corrected chi connectivity index (χ1v) is 5.64. The molecule has 0 fully saturated rings. The summed E-state index contributed by atoms with van der Waals surface area (Å²) in [5, 5.41) is 11.5. The Kier molecular flexibility index (Phi) is 2.84. The zero-order chi connectivity index (χ0) is 13.5. The summed E-state index contributed by atoms with van der Waals surface area (Å²) in [5.41, 5.74) is 0.444. The van der Waals surface area contributed by atoms with Gasteiger partial charge in [0, 0.05) is 0 Å². The number of halogens is 1. The first-order chi connectivity index (χ1) is 8.29. The predicted molar refractivity (Wildman–Crippen MR) is 63.9 cm³/mol. The lowest BCUT2D eigenvalue weighted by Crippen LogP contribution is -2.26. The van der Waals surface area contributed by atoms with Crippen LogP contribution in [0.4, 0.5) is 10.1 Å². The third-order valence-electron chi connectivity index (χ3n) is 3.07. The van der Waals surface area contributed by atoms with Gasteiger partial charge in [0.1, 0.15) is 5.82 Å². The van der Waals surface area contributed by atoms with E-state index in [1.165, 1.54) is 6.07 Å². The van der Waals surface area contributed by atoms with Gasteiger partial charge in [0.25, 0.3) is 0 Å². The minimum absolute atomic E-state index is 0.146. The monoisotopic (exact) mass is 251 g/mol. The highest BCUT2D eigenvalue weighted by atomic mass is 19.1. The Morgan fingerprint density at radius 2 is 2.17 bits per heavy atom. The standard InChI is InChI=1S/C13H14FNO3/c1-13(2,12(17)18)6-7-3-8-5-10(16)15-11(8)9(14)4-7/h3-4H,5-6H2,1-2H3,(H,15,16)(H,17,18). The first-order valence-electron chi connectivity index (χ1n) is 5.64. The number of benzene rings is 1. The van der Waals surface area contributed by atoms with Gasteiger partial charge in [-0.2, -0.15) is 0 Å². The van der Waals surface area contributed by atoms with E-state index in [2.05, 4.69) is 5.32 Å². The number of rotatable bonds is 3. The summed E-state index contributed by atoms with van der Waals surface area (Å²) in [6.45, 7) is 3.17. The smallest absolute Gasteiger partial charge is 0.309 e. The molecule has 1 aromatic carbocycles. The van der Waals surface area contributed by atoms with Gasteiger partial charge in [-0.1, -0.05) is 6.07 Å². The normalized spacial score (nSPS) is 14.3. The molecule has 1 amide bonds. The van der Waals surface area contributed by atoms with E-state index >= 15 is 0 Å². The van der Waals surface area contributed by atoms with E-state index in [0.717, 1.165) is 0 Å². The number of fused-ring (bicyclic) bond motifs is 1. The van der Waals surface area contributed by atoms with Crippen molar-refractivity contribution in [1.82, 2.24) is 0 Å². The van der Waals surface area contributed by atoms with E-state index in [9.17, 15) is 14.0 Å². The second-order valence-electron chi connectivity index (χ2n) is 5.20. The topological polar surface area (TPSA) is 66.4 Å². The van der Waals surface area contributed by atoms with Gasteiger partial charge in [0.2, 0.25) is 5.91 Å². The number of carboxylic acid groups (broad SMARTS) is 1. The van der Waals surface area contributed by atoms with Crippen molar-refractivity contribution in [3.8, 4) is 0 Å². The molecule has 0 spiro atoms. The summed E-state index contributed by atoms with van der Waals surface area (Å²) < 4.78 is 13.7. The van der Waals surface area contributed by atoms with Crippen molar-refractivity contribution in [2.45, 2.75) is 26.7 Å². The number of carboxylic acids is 1. The van der Waals surface area contributed by atoms with Crippen molar-refractivity contribution in [3.05, 3.63) is 29.1 Å². The fourth-order valence-electron chi connectivity index (χ4n) is 2.05. The predicted octanol–water partition coefficient (Wildman–Crippen LogP) is 1.97. The molecule has 0 saturated heterocycles. The Morgan fingerprint density at radius 1 is 1.50 bits per heavy atom. The highest BCUT2D eigenvalue weighted by Crippen LogP contribution is 2.30. The summed E-state index contributed by atoms with van der Waals surface area (Å²) in [6.07, 6.45) is 0.369. The van der Waals surface area contributed by atoms with Crippen molar-refractivity contribution in [3.63, 3.8) is 0 Å². The molecule has 1 heterocycles. The molecular formula is C13H14FNO3. The number of nitrogens with one attached hydrogen (secondary N) is 1. The third kappa shape index (κ3) is 2.20. The summed E-state index contributed by atoms with van der Waals surface area (Å²) in [5.74, 6) is -1.68. The fourth-order valence-corrected chi connectivity index (χ4v) is 2.05. The molecule has 0 aromatic heterocycles. The maximum absolute atomic E-state index is 13.7. The second-order valence-corrected chi connectivity index (χ2v) is 5.20. The van der Waals surface area contributed by atoms with Crippen LogP contribution >= 0.6 is 0 Å². The number of aliphatic carboxylic acids is 1. The van der Waals surface area contributed by atoms with Crippen molar-refractivity contribution in [1.29, 1.82) is 0 Å². The van der Waals surface area contributed by atoms with Gasteiger partial charge in [-0.15, -0.1) is 0 Å². The van der Waals surface area contributed by atoms with Crippen molar-refractivity contribution >= 4 is 17.6 Å². The van der Waals surface area contributed by atoms with Crippen LogP contribution in [0.25, 0.3) is 0 Å². The Balaban J connectivity index is 2.33. The van der Waals surface area contributed by atoms with Gasteiger partial charge < -0.3 is 10.4 Å². The number of hydrogen-bond acceptors (Lipinski definition) is 2. The lowest BCUT2D eigenvalue weighted by atomic mass is 9.85. The van der Waals surface area contributed by atoms with Crippen LogP contribution in [0.2, 0.25) is 0 Å². The van der Waals surface area contributed by atoms with Gasteiger partial charge in [-0.3, -0.25) is 9.59 Å². The highest BCUT2D eigenvalue weighted by molar-refractivity contribution is 5.99. The molecule has 2 N–H and O–H groups in total. The fraction of sp³-hybridized carbons (Fsp3) is 0.385. The Bertz CT molecular complexity index is 537. The second kappa shape index (κ2) is 4.08. The van der Waals surface area contributed by atoms with Crippen LogP contribution in [0.3, 0.4) is 0 Å². The van der Waals surface area contributed by atoms with Gasteiger partial charge in [0.15, 0.2) is 0 Å². The Morgan fingerprint density at radius 3 is 2.78 bits per heavy atom. The number of amides is 1. The summed E-state index contributed by atoms with van der Waals surface area (Å²) in [4.78, 5) is 22.2. The lowest BCUT2D eigenvalue weighted by Gasteiger charge is -2.19. The molecule has 0 radical (unpaired) electrons. The van der Waals surface area contributed by atoms with Crippen molar-refractivity contribution < 1.29 is 19.1 Å². The van der Waals surface area contributed by atoms with Crippen molar-refractivity contribution in [2.75, 3.05) is 5.32 Å². The molecule has 0 atom stereocenters. The van der Waals surface area contributed by atoms with E-state index in [1.807, 2.05) is 0 Å². The van der Waals surface area contributed by atoms with Crippen molar-refractivity contribution in [2.24, 2.45) is 5.41 Å². The molecule has 0 bridgehead atoms. The Hall–Kier alpha value is -1.91. The minimum Gasteiger partial charge on any atom is -0.481 e. The molecule has 0 unspecified atom stereocenters. The van der Waals surface area contributed by atoms with Gasteiger partial charge in [-0.25, -0.2) is 4.39 Å². The Labute approximate surface area is 104 Å². The number of anilines is 1. The summed E-state index contributed by atoms with van der Waals surface area (Å²) in [7, 11) is 0. The van der Waals surface area contributed by atoms with Gasteiger partial charge in [0.05, 0.1) is 17.5 Å². The summed E-state index contributed by atoms with van der Waals surface area (Å²) >= 11 is 0. The zero-order valence-electron chi connectivity index (χ0n) is 10.2. The van der Waals surface area contributed by atoms with E-state index < -0.39 is 17.2 Å². The maximum Gasteiger partial charge on any atom is 0.309 e. The molecule has 0 aliphatic carbocycles. The van der Waals surface area contributed by atoms with Crippen LogP contribution < -0.4 is 5.32 Å². The molecule has 1 aliphatic heterocycles. The average Bonchev–Trinajstić information content (AvgIpc) is 2.58.